The normalized spacial score (nSPS) is 10.4. The molecule has 28 heavy (non-hydrogen) atoms. The van der Waals surface area contributed by atoms with Crippen molar-refractivity contribution in [1.82, 2.24) is 5.32 Å². The molecule has 7 nitrogen and oxygen atoms in total. The molecule has 0 aliphatic heterocycles. The number of thiophene rings is 1. The standard InChI is InChI=1S/C20H18N2O5S/c1-3-27-20(25)22-17(23)14-8-9-28-19(14)21-18(24)15-10-12-6-4-5-7-13(12)11-16(15)26-2/h4-11H,3H2,1-2H3,(H,21,24)(H,22,23,25). The van der Waals surface area contributed by atoms with Gasteiger partial charge in [-0.25, -0.2) is 4.79 Å². The number of rotatable bonds is 5. The summed E-state index contributed by atoms with van der Waals surface area (Å²) in [6.45, 7) is 1.78. The summed E-state index contributed by atoms with van der Waals surface area (Å²) in [6.07, 6.45) is -0.841. The van der Waals surface area contributed by atoms with Crippen molar-refractivity contribution in [1.29, 1.82) is 0 Å². The van der Waals surface area contributed by atoms with E-state index in [0.717, 1.165) is 10.8 Å². The largest absolute Gasteiger partial charge is 0.496 e. The fourth-order valence-corrected chi connectivity index (χ4v) is 3.43. The van der Waals surface area contributed by atoms with Gasteiger partial charge in [0.1, 0.15) is 10.8 Å². The van der Waals surface area contributed by atoms with E-state index in [0.29, 0.717) is 16.3 Å². The Balaban J connectivity index is 1.84. The Morgan fingerprint density at radius 2 is 1.71 bits per heavy atom. The molecule has 0 bridgehead atoms. The van der Waals surface area contributed by atoms with Crippen LogP contribution in [0, 0.1) is 0 Å². The van der Waals surface area contributed by atoms with E-state index >= 15 is 0 Å². The van der Waals surface area contributed by atoms with E-state index in [1.807, 2.05) is 24.3 Å². The van der Waals surface area contributed by atoms with Crippen molar-refractivity contribution in [3.63, 3.8) is 0 Å². The van der Waals surface area contributed by atoms with E-state index in [-0.39, 0.29) is 12.2 Å². The van der Waals surface area contributed by atoms with Gasteiger partial charge < -0.3 is 14.8 Å². The molecule has 0 saturated heterocycles. The lowest BCUT2D eigenvalue weighted by Gasteiger charge is -2.11. The molecule has 3 rings (SSSR count). The number of amides is 3. The fourth-order valence-electron chi connectivity index (χ4n) is 2.65. The van der Waals surface area contributed by atoms with Gasteiger partial charge >= 0.3 is 6.09 Å². The summed E-state index contributed by atoms with van der Waals surface area (Å²) >= 11 is 1.17. The Labute approximate surface area is 165 Å². The quantitative estimate of drug-likeness (QED) is 0.676. The lowest BCUT2D eigenvalue weighted by atomic mass is 10.1. The predicted octanol–water partition coefficient (Wildman–Crippen LogP) is 4.05. The van der Waals surface area contributed by atoms with Crippen LogP contribution in [0.15, 0.2) is 47.8 Å². The minimum Gasteiger partial charge on any atom is -0.496 e. The van der Waals surface area contributed by atoms with Crippen molar-refractivity contribution in [2.75, 3.05) is 19.0 Å². The summed E-state index contributed by atoms with van der Waals surface area (Å²) < 4.78 is 10.1. The van der Waals surface area contributed by atoms with Crippen molar-refractivity contribution in [2.24, 2.45) is 0 Å². The molecule has 3 amide bonds. The molecule has 0 aliphatic carbocycles. The number of nitrogens with one attached hydrogen (secondary N) is 2. The number of hydrogen-bond acceptors (Lipinski definition) is 6. The van der Waals surface area contributed by atoms with Crippen LogP contribution in [-0.2, 0) is 4.74 Å². The zero-order chi connectivity index (χ0) is 20.1. The molecule has 0 spiro atoms. The molecular formula is C20H18N2O5S. The molecule has 2 N–H and O–H groups in total. The summed E-state index contributed by atoms with van der Waals surface area (Å²) in [5, 5.41) is 8.64. The summed E-state index contributed by atoms with van der Waals surface area (Å²) in [6, 6.07) is 12.6. The fraction of sp³-hybridized carbons (Fsp3) is 0.150. The molecule has 0 saturated carbocycles. The lowest BCUT2D eigenvalue weighted by Crippen LogP contribution is -2.31. The molecule has 2 aromatic carbocycles. The number of carbonyl (C=O) groups excluding carboxylic acids is 3. The number of alkyl carbamates (subject to hydrolysis) is 1. The number of methoxy groups -OCH3 is 1. The van der Waals surface area contributed by atoms with Crippen molar-refractivity contribution in [2.45, 2.75) is 6.92 Å². The molecule has 1 heterocycles. The van der Waals surface area contributed by atoms with Gasteiger partial charge in [-0.1, -0.05) is 24.3 Å². The Morgan fingerprint density at radius 3 is 2.39 bits per heavy atom. The molecule has 1 aromatic heterocycles. The number of anilines is 1. The van der Waals surface area contributed by atoms with Crippen LogP contribution in [0.1, 0.15) is 27.6 Å². The average Bonchev–Trinajstić information content (AvgIpc) is 3.15. The highest BCUT2D eigenvalue weighted by molar-refractivity contribution is 7.14. The third kappa shape index (κ3) is 4.12. The van der Waals surface area contributed by atoms with Gasteiger partial charge in [-0.3, -0.25) is 14.9 Å². The monoisotopic (exact) mass is 398 g/mol. The van der Waals surface area contributed by atoms with Gasteiger partial charge in [0.15, 0.2) is 0 Å². The van der Waals surface area contributed by atoms with Crippen LogP contribution in [0.3, 0.4) is 0 Å². The third-order valence-corrected chi connectivity index (χ3v) is 4.77. The van der Waals surface area contributed by atoms with E-state index in [1.165, 1.54) is 24.5 Å². The number of carbonyl (C=O) groups is 3. The van der Waals surface area contributed by atoms with Gasteiger partial charge in [0.25, 0.3) is 11.8 Å². The first-order valence-electron chi connectivity index (χ1n) is 8.47. The highest BCUT2D eigenvalue weighted by Crippen LogP contribution is 2.29. The molecule has 0 radical (unpaired) electrons. The summed E-state index contributed by atoms with van der Waals surface area (Å²) in [5.41, 5.74) is 0.512. The maximum atomic E-state index is 12.8. The van der Waals surface area contributed by atoms with Gasteiger partial charge in [-0.05, 0) is 41.3 Å². The molecule has 0 atom stereocenters. The minimum atomic E-state index is -0.841. The predicted molar refractivity (Wildman–Crippen MR) is 107 cm³/mol. The van der Waals surface area contributed by atoms with E-state index in [9.17, 15) is 14.4 Å². The zero-order valence-corrected chi connectivity index (χ0v) is 16.1. The first-order valence-corrected chi connectivity index (χ1v) is 9.35. The minimum absolute atomic E-state index is 0.147. The highest BCUT2D eigenvalue weighted by Gasteiger charge is 2.20. The molecular weight excluding hydrogens is 380 g/mol. The van der Waals surface area contributed by atoms with Crippen molar-refractivity contribution < 1.29 is 23.9 Å². The van der Waals surface area contributed by atoms with Crippen LogP contribution in [-0.4, -0.2) is 31.6 Å². The second kappa shape index (κ2) is 8.53. The van der Waals surface area contributed by atoms with E-state index in [4.69, 9.17) is 9.47 Å². The molecule has 0 aliphatic rings. The Morgan fingerprint density at radius 1 is 1.00 bits per heavy atom. The van der Waals surface area contributed by atoms with Crippen molar-refractivity contribution >= 4 is 45.0 Å². The van der Waals surface area contributed by atoms with Crippen LogP contribution < -0.4 is 15.4 Å². The van der Waals surface area contributed by atoms with Crippen LogP contribution >= 0.6 is 11.3 Å². The Hall–Kier alpha value is -3.39. The SMILES string of the molecule is CCOC(=O)NC(=O)c1ccsc1NC(=O)c1cc2ccccc2cc1OC. The van der Waals surface area contributed by atoms with Crippen molar-refractivity contribution in [3.05, 3.63) is 59.0 Å². The molecule has 0 unspecified atom stereocenters. The summed E-state index contributed by atoms with van der Waals surface area (Å²) in [7, 11) is 1.49. The number of imide groups is 1. The van der Waals surface area contributed by atoms with E-state index in [1.54, 1.807) is 24.4 Å². The number of ether oxygens (including phenoxy) is 2. The maximum Gasteiger partial charge on any atom is 0.414 e. The van der Waals surface area contributed by atoms with Crippen LogP contribution in [0.5, 0.6) is 5.75 Å². The smallest absolute Gasteiger partial charge is 0.414 e. The van der Waals surface area contributed by atoms with Crippen LogP contribution in [0.2, 0.25) is 0 Å². The highest BCUT2D eigenvalue weighted by atomic mass is 32.1. The number of benzene rings is 2. The third-order valence-electron chi connectivity index (χ3n) is 3.94. The first-order chi connectivity index (χ1) is 13.5. The summed E-state index contributed by atoms with van der Waals surface area (Å²) in [4.78, 5) is 36.5. The number of fused-ring (bicyclic) bond motifs is 1. The zero-order valence-electron chi connectivity index (χ0n) is 15.3. The first kappa shape index (κ1) is 19.4. The van der Waals surface area contributed by atoms with Crippen molar-refractivity contribution in [3.8, 4) is 5.75 Å². The van der Waals surface area contributed by atoms with E-state index in [2.05, 4.69) is 10.6 Å². The topological polar surface area (TPSA) is 93.7 Å². The molecule has 144 valence electrons. The average molecular weight is 398 g/mol. The lowest BCUT2D eigenvalue weighted by molar-refractivity contribution is 0.0926. The maximum absolute atomic E-state index is 12.8. The van der Waals surface area contributed by atoms with Gasteiger partial charge in [0, 0.05) is 0 Å². The molecule has 3 aromatic rings. The van der Waals surface area contributed by atoms with Crippen LogP contribution in [0.25, 0.3) is 10.8 Å². The Bertz CT molecular complexity index is 1040. The second-order valence-electron chi connectivity index (χ2n) is 5.69. The molecule has 8 heteroatoms. The van der Waals surface area contributed by atoms with Gasteiger partial charge in [-0.15, -0.1) is 11.3 Å². The number of hydrogen-bond donors (Lipinski definition) is 2. The van der Waals surface area contributed by atoms with Gasteiger partial charge in [-0.2, -0.15) is 0 Å². The van der Waals surface area contributed by atoms with Crippen LogP contribution in [0.4, 0.5) is 9.80 Å². The Kier molecular flexibility index (Phi) is 5.90. The van der Waals surface area contributed by atoms with E-state index < -0.39 is 17.9 Å². The van der Waals surface area contributed by atoms with Gasteiger partial charge in [0.2, 0.25) is 0 Å². The van der Waals surface area contributed by atoms with Gasteiger partial charge in [0.05, 0.1) is 24.8 Å². The molecule has 0 fully saturated rings. The summed E-state index contributed by atoms with van der Waals surface area (Å²) in [5.74, 6) is -0.652. The second-order valence-corrected chi connectivity index (χ2v) is 6.61.